The molecule has 3 rings (SSSR count). The molecule has 0 unspecified atom stereocenters. The number of Topliss-reactive ketones (excluding diaryl/α,β-unsaturated/α-hetero) is 1. The number of hydrogen-bond acceptors (Lipinski definition) is 4. The van der Waals surface area contributed by atoms with Crippen LogP contribution in [0, 0.1) is 12.8 Å². The standard InChI is InChI=1S/C21H19Cl2NO4/c1-12-6-8-14(9-7-12)20(26)13(2)28-21(27)15-10-18(25)24(11-15)17-5-3-4-16(22)19(17)23/h3-9,13,15H,10-11H2,1-2H3/t13-,15-/m1/s1. The van der Waals surface area contributed by atoms with Crippen LogP contribution in [0.2, 0.25) is 10.0 Å². The van der Waals surface area contributed by atoms with Gasteiger partial charge in [-0.3, -0.25) is 14.4 Å². The second kappa shape index (κ2) is 8.33. The minimum Gasteiger partial charge on any atom is -0.454 e. The van der Waals surface area contributed by atoms with Gasteiger partial charge in [0.2, 0.25) is 11.7 Å². The molecule has 28 heavy (non-hydrogen) atoms. The molecule has 7 heteroatoms. The number of ketones is 1. The second-order valence-electron chi connectivity index (χ2n) is 6.79. The molecule has 5 nitrogen and oxygen atoms in total. The molecule has 1 saturated heterocycles. The van der Waals surface area contributed by atoms with Gasteiger partial charge in [-0.1, -0.05) is 59.1 Å². The maximum atomic E-state index is 12.5. The molecular weight excluding hydrogens is 401 g/mol. The molecule has 2 aromatic carbocycles. The SMILES string of the molecule is Cc1ccc(C(=O)[C@@H](C)OC(=O)[C@@H]2CC(=O)N(c3cccc(Cl)c3Cl)C2)cc1. The number of carbonyl (C=O) groups excluding carboxylic acids is 3. The molecule has 0 radical (unpaired) electrons. The highest BCUT2D eigenvalue weighted by atomic mass is 35.5. The molecule has 1 aliphatic rings. The van der Waals surface area contributed by atoms with Gasteiger partial charge in [-0.2, -0.15) is 0 Å². The normalized spacial score (nSPS) is 17.5. The fourth-order valence-electron chi connectivity index (χ4n) is 3.08. The monoisotopic (exact) mass is 419 g/mol. The number of aryl methyl sites for hydroxylation is 1. The summed E-state index contributed by atoms with van der Waals surface area (Å²) in [5.74, 6) is -1.78. The first-order valence-electron chi connectivity index (χ1n) is 8.83. The molecule has 0 N–H and O–H groups in total. The first-order chi connectivity index (χ1) is 13.3. The van der Waals surface area contributed by atoms with Gasteiger partial charge in [0.1, 0.15) is 0 Å². The number of ether oxygens (including phenoxy) is 1. The van der Waals surface area contributed by atoms with Gasteiger partial charge in [0.15, 0.2) is 6.10 Å². The summed E-state index contributed by atoms with van der Waals surface area (Å²) >= 11 is 12.2. The van der Waals surface area contributed by atoms with E-state index in [9.17, 15) is 14.4 Å². The fraction of sp³-hybridized carbons (Fsp3) is 0.286. The second-order valence-corrected chi connectivity index (χ2v) is 7.57. The minimum atomic E-state index is -0.936. The molecular formula is C21H19Cl2NO4. The van der Waals surface area contributed by atoms with Crippen molar-refractivity contribution in [3.63, 3.8) is 0 Å². The number of esters is 1. The average Bonchev–Trinajstić information content (AvgIpc) is 3.05. The molecule has 0 spiro atoms. The number of anilines is 1. The van der Waals surface area contributed by atoms with Crippen LogP contribution in [0.3, 0.4) is 0 Å². The summed E-state index contributed by atoms with van der Waals surface area (Å²) < 4.78 is 5.34. The summed E-state index contributed by atoms with van der Waals surface area (Å²) in [6.45, 7) is 3.58. The van der Waals surface area contributed by atoms with Crippen molar-refractivity contribution in [1.82, 2.24) is 0 Å². The summed E-state index contributed by atoms with van der Waals surface area (Å²) in [4.78, 5) is 38.8. The van der Waals surface area contributed by atoms with Crippen LogP contribution in [0.15, 0.2) is 42.5 Å². The Bertz CT molecular complexity index is 927. The lowest BCUT2D eigenvalue weighted by molar-refractivity contribution is -0.151. The van der Waals surface area contributed by atoms with Crippen molar-refractivity contribution in [2.24, 2.45) is 5.92 Å². The van der Waals surface area contributed by atoms with Crippen molar-refractivity contribution >= 4 is 46.5 Å². The Morgan fingerprint density at radius 3 is 2.50 bits per heavy atom. The Balaban J connectivity index is 1.66. The lowest BCUT2D eigenvalue weighted by atomic mass is 10.1. The van der Waals surface area contributed by atoms with E-state index in [1.807, 2.05) is 19.1 Å². The quantitative estimate of drug-likeness (QED) is 0.529. The van der Waals surface area contributed by atoms with Crippen LogP contribution < -0.4 is 4.90 Å². The molecule has 0 bridgehead atoms. The van der Waals surface area contributed by atoms with Crippen LogP contribution in [-0.4, -0.2) is 30.3 Å². The van der Waals surface area contributed by atoms with Crippen LogP contribution in [0.25, 0.3) is 0 Å². The lowest BCUT2D eigenvalue weighted by Crippen LogP contribution is -2.30. The fourth-order valence-corrected chi connectivity index (χ4v) is 3.47. The van der Waals surface area contributed by atoms with Crippen molar-refractivity contribution in [2.45, 2.75) is 26.4 Å². The van der Waals surface area contributed by atoms with E-state index in [0.29, 0.717) is 16.3 Å². The zero-order valence-corrected chi connectivity index (χ0v) is 17.0. The van der Waals surface area contributed by atoms with Crippen LogP contribution in [0.1, 0.15) is 29.3 Å². The van der Waals surface area contributed by atoms with Crippen LogP contribution >= 0.6 is 23.2 Å². The molecule has 1 amide bonds. The van der Waals surface area contributed by atoms with E-state index in [4.69, 9.17) is 27.9 Å². The topological polar surface area (TPSA) is 63.7 Å². The number of amides is 1. The smallest absolute Gasteiger partial charge is 0.312 e. The predicted molar refractivity (Wildman–Crippen MR) is 108 cm³/mol. The Kier molecular flexibility index (Phi) is 6.06. The molecule has 2 aromatic rings. The van der Waals surface area contributed by atoms with Gasteiger partial charge >= 0.3 is 5.97 Å². The van der Waals surface area contributed by atoms with Gasteiger partial charge in [0.05, 0.1) is 21.7 Å². The largest absolute Gasteiger partial charge is 0.454 e. The first kappa shape index (κ1) is 20.4. The summed E-state index contributed by atoms with van der Waals surface area (Å²) in [7, 11) is 0. The van der Waals surface area contributed by atoms with E-state index >= 15 is 0 Å². The Morgan fingerprint density at radius 2 is 1.82 bits per heavy atom. The van der Waals surface area contributed by atoms with Crippen molar-refractivity contribution in [3.05, 3.63) is 63.6 Å². The third-order valence-corrected chi connectivity index (χ3v) is 5.49. The van der Waals surface area contributed by atoms with Gasteiger partial charge < -0.3 is 9.64 Å². The number of rotatable bonds is 5. The number of nitrogens with zero attached hydrogens (tertiary/aromatic N) is 1. The van der Waals surface area contributed by atoms with Gasteiger partial charge in [-0.15, -0.1) is 0 Å². The molecule has 1 fully saturated rings. The van der Waals surface area contributed by atoms with E-state index in [2.05, 4.69) is 0 Å². The Hall–Kier alpha value is -2.37. The highest BCUT2D eigenvalue weighted by Gasteiger charge is 2.38. The van der Waals surface area contributed by atoms with Crippen molar-refractivity contribution < 1.29 is 19.1 Å². The van der Waals surface area contributed by atoms with E-state index in [-0.39, 0.29) is 29.7 Å². The third-order valence-electron chi connectivity index (χ3n) is 4.68. The lowest BCUT2D eigenvalue weighted by Gasteiger charge is -2.19. The van der Waals surface area contributed by atoms with Gasteiger partial charge in [0.25, 0.3) is 0 Å². The maximum Gasteiger partial charge on any atom is 0.312 e. The summed E-state index contributed by atoms with van der Waals surface area (Å²) in [6, 6.07) is 12.0. The zero-order valence-electron chi connectivity index (χ0n) is 15.4. The molecule has 1 aliphatic heterocycles. The Labute approximate surface area is 173 Å². The van der Waals surface area contributed by atoms with Crippen molar-refractivity contribution in [2.75, 3.05) is 11.4 Å². The minimum absolute atomic E-state index is 0.00683. The average molecular weight is 420 g/mol. The maximum absolute atomic E-state index is 12.5. The molecule has 0 aromatic heterocycles. The Morgan fingerprint density at radius 1 is 1.14 bits per heavy atom. The van der Waals surface area contributed by atoms with E-state index in [1.54, 1.807) is 30.3 Å². The molecule has 0 aliphatic carbocycles. The zero-order chi connectivity index (χ0) is 20.4. The predicted octanol–water partition coefficient (Wildman–Crippen LogP) is 4.47. The highest BCUT2D eigenvalue weighted by molar-refractivity contribution is 6.44. The summed E-state index contributed by atoms with van der Waals surface area (Å²) in [5.41, 5.74) is 1.96. The highest BCUT2D eigenvalue weighted by Crippen LogP contribution is 2.36. The van der Waals surface area contributed by atoms with Crippen molar-refractivity contribution in [3.8, 4) is 0 Å². The summed E-state index contributed by atoms with van der Waals surface area (Å²) in [5, 5.41) is 0.588. The summed E-state index contributed by atoms with van der Waals surface area (Å²) in [6.07, 6.45) is -0.943. The van der Waals surface area contributed by atoms with E-state index in [0.717, 1.165) is 5.56 Å². The molecule has 1 heterocycles. The number of hydrogen-bond donors (Lipinski definition) is 0. The first-order valence-corrected chi connectivity index (χ1v) is 9.59. The van der Waals surface area contributed by atoms with Crippen LogP contribution in [-0.2, 0) is 14.3 Å². The van der Waals surface area contributed by atoms with Crippen LogP contribution in [0.5, 0.6) is 0 Å². The van der Waals surface area contributed by atoms with E-state index in [1.165, 1.54) is 11.8 Å². The molecule has 2 atom stereocenters. The van der Waals surface area contributed by atoms with Gasteiger partial charge in [0, 0.05) is 18.5 Å². The van der Waals surface area contributed by atoms with Crippen molar-refractivity contribution in [1.29, 1.82) is 0 Å². The van der Waals surface area contributed by atoms with Gasteiger partial charge in [-0.25, -0.2) is 0 Å². The van der Waals surface area contributed by atoms with E-state index < -0.39 is 18.0 Å². The van der Waals surface area contributed by atoms with Gasteiger partial charge in [-0.05, 0) is 26.0 Å². The molecule has 146 valence electrons. The third kappa shape index (κ3) is 4.21. The number of halogens is 2. The number of benzene rings is 2. The van der Waals surface area contributed by atoms with Crippen LogP contribution in [0.4, 0.5) is 5.69 Å². The number of carbonyl (C=O) groups is 3. The molecule has 0 saturated carbocycles.